The van der Waals surface area contributed by atoms with Gasteiger partial charge in [0.25, 0.3) is 10.2 Å². The monoisotopic (exact) mass is 315 g/mol. The minimum atomic E-state index is -3.33. The second kappa shape index (κ2) is 5.80. The molecule has 2 heterocycles. The molecule has 3 fully saturated rings. The molecule has 2 aliphatic heterocycles. The summed E-state index contributed by atoms with van der Waals surface area (Å²) in [5.74, 6) is 0.910. The first-order valence-corrected chi connectivity index (χ1v) is 9.85. The number of hydrogen-bond acceptors (Lipinski definition) is 3. The molecule has 0 aromatic heterocycles. The van der Waals surface area contributed by atoms with E-state index in [-0.39, 0.29) is 11.6 Å². The molecule has 3 atom stereocenters. The molecule has 0 bridgehead atoms. The van der Waals surface area contributed by atoms with Crippen LogP contribution in [0.3, 0.4) is 0 Å². The molecule has 0 aromatic rings. The molecule has 122 valence electrons. The van der Waals surface area contributed by atoms with E-state index in [2.05, 4.69) is 23.9 Å². The van der Waals surface area contributed by atoms with Gasteiger partial charge < -0.3 is 5.32 Å². The predicted molar refractivity (Wildman–Crippen MR) is 84.2 cm³/mol. The largest absolute Gasteiger partial charge is 0.311 e. The van der Waals surface area contributed by atoms with Crippen LogP contribution in [0.2, 0.25) is 0 Å². The van der Waals surface area contributed by atoms with Crippen LogP contribution in [0, 0.1) is 11.8 Å². The zero-order valence-corrected chi connectivity index (χ0v) is 14.1. The quantitative estimate of drug-likeness (QED) is 0.829. The van der Waals surface area contributed by atoms with Crippen LogP contribution in [0.25, 0.3) is 0 Å². The summed E-state index contributed by atoms with van der Waals surface area (Å²) in [6.07, 6.45) is 6.65. The van der Waals surface area contributed by atoms with Crippen molar-refractivity contribution in [2.45, 2.75) is 64.0 Å². The highest BCUT2D eigenvalue weighted by Gasteiger charge is 2.42. The Morgan fingerprint density at radius 2 is 1.86 bits per heavy atom. The van der Waals surface area contributed by atoms with Crippen molar-refractivity contribution in [3.63, 3.8) is 0 Å². The van der Waals surface area contributed by atoms with Gasteiger partial charge >= 0.3 is 0 Å². The molecule has 0 amide bonds. The summed E-state index contributed by atoms with van der Waals surface area (Å²) >= 11 is 0. The molecule has 5 nitrogen and oxygen atoms in total. The summed E-state index contributed by atoms with van der Waals surface area (Å²) in [5, 5.41) is 3.59. The minimum Gasteiger partial charge on any atom is -0.311 e. The van der Waals surface area contributed by atoms with Crippen LogP contribution in [0.4, 0.5) is 0 Å². The number of piperidine rings is 2. The summed E-state index contributed by atoms with van der Waals surface area (Å²) in [7, 11) is -3.33. The molecular weight excluding hydrogens is 286 g/mol. The summed E-state index contributed by atoms with van der Waals surface area (Å²) < 4.78 is 30.0. The van der Waals surface area contributed by atoms with E-state index in [0.29, 0.717) is 24.9 Å². The lowest BCUT2D eigenvalue weighted by molar-refractivity contribution is 0.125. The topological polar surface area (TPSA) is 61.4 Å². The van der Waals surface area contributed by atoms with E-state index in [1.165, 1.54) is 19.3 Å². The van der Waals surface area contributed by atoms with Gasteiger partial charge in [-0.1, -0.05) is 13.8 Å². The van der Waals surface area contributed by atoms with E-state index >= 15 is 0 Å². The summed E-state index contributed by atoms with van der Waals surface area (Å²) in [5.41, 5.74) is 0.230. The zero-order chi connectivity index (χ0) is 15.1. The smallest absolute Gasteiger partial charge is 0.279 e. The molecular formula is C15H29N3O2S. The van der Waals surface area contributed by atoms with Crippen LogP contribution in [0.15, 0.2) is 0 Å². The average Bonchev–Trinajstić information content (AvgIpc) is 2.35. The van der Waals surface area contributed by atoms with Crippen molar-refractivity contribution in [1.29, 1.82) is 0 Å². The molecule has 2 N–H and O–H groups in total. The maximum Gasteiger partial charge on any atom is 0.279 e. The van der Waals surface area contributed by atoms with Gasteiger partial charge in [0.15, 0.2) is 0 Å². The Labute approximate surface area is 129 Å². The van der Waals surface area contributed by atoms with Crippen molar-refractivity contribution in [3.05, 3.63) is 0 Å². The van der Waals surface area contributed by atoms with Gasteiger partial charge in [0.1, 0.15) is 0 Å². The molecule has 0 aromatic carbocycles. The van der Waals surface area contributed by atoms with Crippen LogP contribution < -0.4 is 10.0 Å². The van der Waals surface area contributed by atoms with Gasteiger partial charge in [0, 0.05) is 24.7 Å². The maximum atomic E-state index is 12.7. The van der Waals surface area contributed by atoms with Gasteiger partial charge in [-0.2, -0.15) is 17.4 Å². The van der Waals surface area contributed by atoms with Crippen LogP contribution in [-0.4, -0.2) is 43.9 Å². The normalized spacial score (nSPS) is 37.3. The van der Waals surface area contributed by atoms with E-state index in [1.54, 1.807) is 4.31 Å². The highest BCUT2D eigenvalue weighted by molar-refractivity contribution is 7.87. The molecule has 1 spiro atoms. The minimum absolute atomic E-state index is 0.101. The van der Waals surface area contributed by atoms with Crippen LogP contribution >= 0.6 is 0 Å². The Morgan fingerprint density at radius 3 is 2.43 bits per heavy atom. The molecule has 1 aliphatic carbocycles. The van der Waals surface area contributed by atoms with Gasteiger partial charge in [0.05, 0.1) is 0 Å². The standard InChI is InChI=1S/C15H29N3O2S/c1-12-8-13(2)11-18(10-12)21(19,20)17-14-4-7-16-15(9-14)5-3-6-15/h12-14,16-17H,3-11H2,1-2H3. The number of nitrogens with one attached hydrogen (secondary N) is 2. The molecule has 0 radical (unpaired) electrons. The predicted octanol–water partition coefficient (Wildman–Crippen LogP) is 1.47. The van der Waals surface area contributed by atoms with E-state index in [9.17, 15) is 8.42 Å². The maximum absolute atomic E-state index is 12.7. The van der Waals surface area contributed by atoms with E-state index in [0.717, 1.165) is 25.8 Å². The van der Waals surface area contributed by atoms with Gasteiger partial charge in [-0.05, 0) is 56.9 Å². The number of nitrogens with zero attached hydrogens (tertiary/aromatic N) is 1. The lowest BCUT2D eigenvalue weighted by Gasteiger charge is -2.48. The highest BCUT2D eigenvalue weighted by atomic mass is 32.2. The van der Waals surface area contributed by atoms with E-state index in [1.807, 2.05) is 0 Å². The van der Waals surface area contributed by atoms with Crippen molar-refractivity contribution in [3.8, 4) is 0 Å². The van der Waals surface area contributed by atoms with E-state index in [4.69, 9.17) is 0 Å². The lowest BCUT2D eigenvalue weighted by atomic mass is 9.70. The molecule has 2 saturated heterocycles. The Balaban J connectivity index is 1.62. The Morgan fingerprint density at radius 1 is 1.19 bits per heavy atom. The second-order valence-electron chi connectivity index (χ2n) is 7.64. The van der Waals surface area contributed by atoms with Crippen LogP contribution in [0.1, 0.15) is 52.4 Å². The summed E-state index contributed by atoms with van der Waals surface area (Å²) in [6, 6.07) is 0.101. The molecule has 1 saturated carbocycles. The molecule has 3 aliphatic rings. The SMILES string of the molecule is CC1CC(C)CN(S(=O)(=O)NC2CCNC3(CCC3)C2)C1. The molecule has 3 unspecified atom stereocenters. The zero-order valence-electron chi connectivity index (χ0n) is 13.3. The Kier molecular flexibility index (Phi) is 4.34. The lowest BCUT2D eigenvalue weighted by Crippen LogP contribution is -2.61. The summed E-state index contributed by atoms with van der Waals surface area (Å²) in [6.45, 7) is 6.55. The fourth-order valence-corrected chi connectivity index (χ4v) is 6.00. The van der Waals surface area contributed by atoms with Crippen LogP contribution in [0.5, 0.6) is 0 Å². The number of hydrogen-bond donors (Lipinski definition) is 2. The Bertz CT molecular complexity index is 465. The van der Waals surface area contributed by atoms with Crippen LogP contribution in [-0.2, 0) is 10.2 Å². The Hall–Kier alpha value is -0.170. The van der Waals surface area contributed by atoms with Crippen molar-refractivity contribution >= 4 is 10.2 Å². The third kappa shape index (κ3) is 3.44. The first kappa shape index (κ1) is 15.7. The first-order valence-electron chi connectivity index (χ1n) is 8.41. The number of rotatable bonds is 3. The fraction of sp³-hybridized carbons (Fsp3) is 1.00. The van der Waals surface area contributed by atoms with Gasteiger partial charge in [-0.3, -0.25) is 0 Å². The highest BCUT2D eigenvalue weighted by Crippen LogP contribution is 2.38. The molecule has 6 heteroatoms. The van der Waals surface area contributed by atoms with Gasteiger partial charge in [-0.15, -0.1) is 0 Å². The molecule has 3 rings (SSSR count). The van der Waals surface area contributed by atoms with Gasteiger partial charge in [-0.25, -0.2) is 0 Å². The van der Waals surface area contributed by atoms with Crippen molar-refractivity contribution in [2.24, 2.45) is 11.8 Å². The summed E-state index contributed by atoms with van der Waals surface area (Å²) in [4.78, 5) is 0. The average molecular weight is 315 g/mol. The fourth-order valence-electron chi connectivity index (χ4n) is 4.33. The molecule has 21 heavy (non-hydrogen) atoms. The van der Waals surface area contributed by atoms with Gasteiger partial charge in [0.2, 0.25) is 0 Å². The van der Waals surface area contributed by atoms with E-state index < -0.39 is 10.2 Å². The first-order chi connectivity index (χ1) is 9.89. The third-order valence-corrected chi connectivity index (χ3v) is 7.04. The van der Waals surface area contributed by atoms with Crippen molar-refractivity contribution < 1.29 is 8.42 Å². The van der Waals surface area contributed by atoms with Crippen molar-refractivity contribution in [2.75, 3.05) is 19.6 Å². The third-order valence-electron chi connectivity index (χ3n) is 5.43. The second-order valence-corrected chi connectivity index (χ2v) is 9.34. The van der Waals surface area contributed by atoms with Crippen molar-refractivity contribution in [1.82, 2.24) is 14.3 Å².